The normalized spacial score (nSPS) is 12.1. The van der Waals surface area contributed by atoms with Crippen LogP contribution in [0.1, 0.15) is 36.3 Å². The van der Waals surface area contributed by atoms with Crippen LogP contribution in [0.4, 0.5) is 0 Å². The summed E-state index contributed by atoms with van der Waals surface area (Å²) in [6.45, 7) is 5.99. The molecule has 0 saturated carbocycles. The Hall–Kier alpha value is -3.74. The molecule has 0 aliphatic carbocycles. The molecule has 0 unspecified atom stereocenters. The van der Waals surface area contributed by atoms with Crippen molar-refractivity contribution >= 4 is 16.8 Å². The van der Waals surface area contributed by atoms with Crippen LogP contribution in [-0.4, -0.2) is 32.0 Å². The molecule has 0 saturated heterocycles. The number of para-hydroxylation sites is 1. The molecule has 0 radical (unpaired) electrons. The van der Waals surface area contributed by atoms with Gasteiger partial charge in [0.05, 0.1) is 22.5 Å². The van der Waals surface area contributed by atoms with Gasteiger partial charge in [0.25, 0.3) is 5.56 Å². The minimum atomic E-state index is -0.732. The number of aromatic nitrogens is 4. The first-order chi connectivity index (χ1) is 15.5. The summed E-state index contributed by atoms with van der Waals surface area (Å²) in [5.74, 6) is -0.231. The summed E-state index contributed by atoms with van der Waals surface area (Å²) < 4.78 is 2.99. The van der Waals surface area contributed by atoms with E-state index >= 15 is 0 Å². The molecule has 0 aliphatic heterocycles. The maximum absolute atomic E-state index is 13.2. The highest BCUT2D eigenvalue weighted by Crippen LogP contribution is 2.21. The average molecular weight is 430 g/mol. The molecule has 7 nitrogen and oxygen atoms in total. The Balaban J connectivity index is 1.54. The first kappa shape index (κ1) is 21.5. The van der Waals surface area contributed by atoms with Crippen molar-refractivity contribution in [1.82, 2.24) is 24.9 Å². The van der Waals surface area contributed by atoms with Gasteiger partial charge >= 0.3 is 0 Å². The maximum Gasteiger partial charge on any atom is 0.295 e. The zero-order valence-electron chi connectivity index (χ0n) is 18.6. The fourth-order valence-electron chi connectivity index (χ4n) is 3.94. The van der Waals surface area contributed by atoms with Crippen molar-refractivity contribution in [2.45, 2.75) is 39.7 Å². The fourth-order valence-corrected chi connectivity index (χ4v) is 3.94. The quantitative estimate of drug-likeness (QED) is 0.456. The van der Waals surface area contributed by atoms with Gasteiger partial charge in [-0.15, -0.1) is 0 Å². The third-order valence-corrected chi connectivity index (χ3v) is 5.68. The van der Waals surface area contributed by atoms with Crippen molar-refractivity contribution in [2.24, 2.45) is 0 Å². The van der Waals surface area contributed by atoms with Crippen LogP contribution >= 0.6 is 0 Å². The number of fused-ring (bicyclic) bond motifs is 1. The van der Waals surface area contributed by atoms with Crippen LogP contribution in [0.15, 0.2) is 65.5 Å². The molecule has 0 bridgehead atoms. The zero-order chi connectivity index (χ0) is 22.7. The van der Waals surface area contributed by atoms with Crippen LogP contribution in [0.5, 0.6) is 0 Å². The molecule has 4 aromatic rings. The zero-order valence-corrected chi connectivity index (χ0v) is 18.6. The van der Waals surface area contributed by atoms with Gasteiger partial charge in [-0.2, -0.15) is 10.2 Å². The molecule has 0 aliphatic rings. The number of carbonyl (C=O) groups excluding carboxylic acids is 1. The van der Waals surface area contributed by atoms with E-state index < -0.39 is 6.04 Å². The van der Waals surface area contributed by atoms with E-state index in [2.05, 4.69) is 27.6 Å². The third-order valence-electron chi connectivity index (χ3n) is 5.68. The number of benzene rings is 2. The number of rotatable bonds is 7. The van der Waals surface area contributed by atoms with Crippen LogP contribution in [0, 0.1) is 13.8 Å². The summed E-state index contributed by atoms with van der Waals surface area (Å²) in [5, 5.41) is 12.7. The number of aryl methyl sites for hydroxylation is 3. The number of carbonyl (C=O) groups is 1. The van der Waals surface area contributed by atoms with Gasteiger partial charge in [-0.3, -0.25) is 9.59 Å². The van der Waals surface area contributed by atoms with Crippen molar-refractivity contribution in [3.05, 3.63) is 88.0 Å². The van der Waals surface area contributed by atoms with Crippen LogP contribution in [0.3, 0.4) is 0 Å². The highest BCUT2D eigenvalue weighted by Gasteiger charge is 2.22. The number of hydrogen-bond donors (Lipinski definition) is 1. The predicted molar refractivity (Wildman–Crippen MR) is 125 cm³/mol. The van der Waals surface area contributed by atoms with Crippen LogP contribution in [0.25, 0.3) is 16.6 Å². The van der Waals surface area contributed by atoms with Crippen molar-refractivity contribution in [2.75, 3.05) is 6.54 Å². The minimum absolute atomic E-state index is 0.231. The molecule has 1 amide bonds. The molecule has 2 aromatic carbocycles. The van der Waals surface area contributed by atoms with E-state index in [0.29, 0.717) is 17.8 Å². The third kappa shape index (κ3) is 4.19. The summed E-state index contributed by atoms with van der Waals surface area (Å²) >= 11 is 0. The molecule has 2 aromatic heterocycles. The number of amides is 1. The van der Waals surface area contributed by atoms with Crippen LogP contribution in [0.2, 0.25) is 0 Å². The summed E-state index contributed by atoms with van der Waals surface area (Å²) in [6, 6.07) is 19.1. The van der Waals surface area contributed by atoms with Gasteiger partial charge < -0.3 is 5.32 Å². The highest BCUT2D eigenvalue weighted by molar-refractivity contribution is 5.84. The Morgan fingerprint density at radius 1 is 1.00 bits per heavy atom. The Kier molecular flexibility index (Phi) is 6.16. The van der Waals surface area contributed by atoms with Crippen LogP contribution in [-0.2, 0) is 11.2 Å². The van der Waals surface area contributed by atoms with E-state index in [0.717, 1.165) is 29.6 Å². The van der Waals surface area contributed by atoms with Gasteiger partial charge in [-0.1, -0.05) is 48.5 Å². The van der Waals surface area contributed by atoms with Gasteiger partial charge in [0.2, 0.25) is 5.91 Å². The molecule has 32 heavy (non-hydrogen) atoms. The van der Waals surface area contributed by atoms with E-state index in [-0.39, 0.29) is 11.5 Å². The smallest absolute Gasteiger partial charge is 0.295 e. The second-order valence-corrected chi connectivity index (χ2v) is 7.95. The minimum Gasteiger partial charge on any atom is -0.354 e. The van der Waals surface area contributed by atoms with Gasteiger partial charge in [-0.25, -0.2) is 9.36 Å². The van der Waals surface area contributed by atoms with Crippen molar-refractivity contribution in [1.29, 1.82) is 0 Å². The van der Waals surface area contributed by atoms with E-state index in [9.17, 15) is 9.59 Å². The average Bonchev–Trinajstić information content (AvgIpc) is 3.18. The lowest BCUT2D eigenvalue weighted by Crippen LogP contribution is -2.38. The lowest BCUT2D eigenvalue weighted by molar-refractivity contribution is -0.124. The second kappa shape index (κ2) is 9.18. The first-order valence-electron chi connectivity index (χ1n) is 10.8. The molecule has 7 heteroatoms. The summed E-state index contributed by atoms with van der Waals surface area (Å²) in [4.78, 5) is 25.9. The lowest BCUT2D eigenvalue weighted by atomic mass is 10.1. The van der Waals surface area contributed by atoms with Crippen molar-refractivity contribution in [3.63, 3.8) is 0 Å². The topological polar surface area (TPSA) is 81.8 Å². The second-order valence-electron chi connectivity index (χ2n) is 7.95. The van der Waals surface area contributed by atoms with Gasteiger partial charge in [0.15, 0.2) is 5.52 Å². The molecular formula is C25H27N5O2. The molecule has 2 heterocycles. The van der Waals surface area contributed by atoms with Gasteiger partial charge in [0.1, 0.15) is 6.04 Å². The molecule has 0 spiro atoms. The highest BCUT2D eigenvalue weighted by atomic mass is 16.2. The maximum atomic E-state index is 13.2. The summed E-state index contributed by atoms with van der Waals surface area (Å²) in [6.07, 6.45) is 1.71. The predicted octanol–water partition coefficient (Wildman–Crippen LogP) is 3.51. The number of nitrogens with zero attached hydrogens (tertiary/aromatic N) is 4. The Morgan fingerprint density at radius 2 is 1.66 bits per heavy atom. The van der Waals surface area contributed by atoms with Crippen LogP contribution < -0.4 is 10.9 Å². The van der Waals surface area contributed by atoms with E-state index in [1.165, 1.54) is 10.2 Å². The van der Waals surface area contributed by atoms with Crippen molar-refractivity contribution in [3.8, 4) is 5.69 Å². The molecule has 164 valence electrons. The largest absolute Gasteiger partial charge is 0.354 e. The van der Waals surface area contributed by atoms with Gasteiger partial charge in [0, 0.05) is 6.54 Å². The summed E-state index contributed by atoms with van der Waals surface area (Å²) in [7, 11) is 0. The SMILES string of the molecule is Cc1nn([C@@H](C)C(=O)NCCCc2ccccc2)c(=O)c2nn(-c3ccccc3)c(C)c12. The van der Waals surface area contributed by atoms with E-state index in [1.54, 1.807) is 11.6 Å². The Bertz CT molecular complexity index is 1290. The lowest BCUT2D eigenvalue weighted by Gasteiger charge is -2.15. The molecule has 0 fully saturated rings. The molecular weight excluding hydrogens is 402 g/mol. The monoisotopic (exact) mass is 429 g/mol. The van der Waals surface area contributed by atoms with Gasteiger partial charge in [-0.05, 0) is 51.3 Å². The summed E-state index contributed by atoms with van der Waals surface area (Å²) in [5.41, 5.74) is 3.58. The molecule has 1 N–H and O–H groups in total. The standard InChI is InChI=1S/C25H27N5O2/c1-17-22-18(2)29(21-14-8-5-9-15-21)28-23(22)25(32)30(27-17)19(3)24(31)26-16-10-13-20-11-6-4-7-12-20/h4-9,11-12,14-15,19H,10,13,16H2,1-3H3,(H,26,31)/t19-/m0/s1. The Morgan fingerprint density at radius 3 is 2.34 bits per heavy atom. The number of nitrogens with one attached hydrogen (secondary N) is 1. The fraction of sp³-hybridized carbons (Fsp3) is 0.280. The Labute approximate surface area is 186 Å². The molecule has 4 rings (SSSR count). The van der Waals surface area contributed by atoms with E-state index in [1.807, 2.05) is 62.4 Å². The molecule has 1 atom stereocenters. The van der Waals surface area contributed by atoms with E-state index in [4.69, 9.17) is 0 Å². The first-order valence-corrected chi connectivity index (χ1v) is 10.8. The number of hydrogen-bond acceptors (Lipinski definition) is 4. The van der Waals surface area contributed by atoms with Crippen molar-refractivity contribution < 1.29 is 4.79 Å².